The van der Waals surface area contributed by atoms with E-state index in [1.165, 1.54) is 11.3 Å². The van der Waals surface area contributed by atoms with Crippen LogP contribution in [0.2, 0.25) is 5.02 Å². The molecule has 2 aromatic carbocycles. The Morgan fingerprint density at radius 2 is 1.87 bits per heavy atom. The number of halogens is 1. The lowest BCUT2D eigenvalue weighted by atomic mass is 10.1. The smallest absolute Gasteiger partial charge is 0.312 e. The highest BCUT2D eigenvalue weighted by Gasteiger charge is 2.34. The van der Waals surface area contributed by atoms with Gasteiger partial charge >= 0.3 is 6.03 Å². The standard InChI is InChI=1S/C22H22ClN5O2S/c1-13-5-10-17(14(2)12-13)24-22(30)28-11-3-4-18(28)19(29)25-21-27-26-20(31-21)15-6-8-16(23)9-7-15/h5-10,12,18H,3-4,11H2,1-2H3,(H,24,30)(H,25,27,29). The Morgan fingerprint density at radius 3 is 2.61 bits per heavy atom. The predicted molar refractivity (Wildman–Crippen MR) is 124 cm³/mol. The van der Waals surface area contributed by atoms with Gasteiger partial charge in [-0.3, -0.25) is 10.1 Å². The summed E-state index contributed by atoms with van der Waals surface area (Å²) in [6.45, 7) is 4.48. The molecule has 3 amide bonds. The van der Waals surface area contributed by atoms with E-state index in [9.17, 15) is 9.59 Å². The van der Waals surface area contributed by atoms with Crippen LogP contribution in [0.3, 0.4) is 0 Å². The molecule has 2 heterocycles. The first-order valence-corrected chi connectivity index (χ1v) is 11.2. The molecule has 1 aromatic heterocycles. The van der Waals surface area contributed by atoms with E-state index in [0.29, 0.717) is 28.1 Å². The zero-order chi connectivity index (χ0) is 22.0. The second-order valence-corrected chi connectivity index (χ2v) is 8.92. The van der Waals surface area contributed by atoms with Crippen LogP contribution in [0.5, 0.6) is 0 Å². The Labute approximate surface area is 189 Å². The average Bonchev–Trinajstić information content (AvgIpc) is 3.40. The van der Waals surface area contributed by atoms with Crippen LogP contribution in [0, 0.1) is 13.8 Å². The fourth-order valence-corrected chi connectivity index (χ4v) is 4.47. The number of nitrogens with one attached hydrogen (secondary N) is 2. The highest BCUT2D eigenvalue weighted by Crippen LogP contribution is 2.28. The van der Waals surface area contributed by atoms with Gasteiger partial charge in [0.15, 0.2) is 0 Å². The second kappa shape index (κ2) is 9.03. The molecule has 1 aliphatic heterocycles. The Morgan fingerprint density at radius 1 is 1.10 bits per heavy atom. The molecule has 0 radical (unpaired) electrons. The van der Waals surface area contributed by atoms with Gasteiger partial charge in [-0.2, -0.15) is 0 Å². The first kappa shape index (κ1) is 21.3. The van der Waals surface area contributed by atoms with E-state index < -0.39 is 6.04 Å². The van der Waals surface area contributed by atoms with Gasteiger partial charge in [0, 0.05) is 22.8 Å². The number of amides is 3. The molecule has 0 aliphatic carbocycles. The van der Waals surface area contributed by atoms with Gasteiger partial charge in [0.05, 0.1) is 0 Å². The second-order valence-electron chi connectivity index (χ2n) is 7.51. The molecule has 0 bridgehead atoms. The number of carbonyl (C=O) groups excluding carboxylic acids is 2. The number of carbonyl (C=O) groups is 2. The van der Waals surface area contributed by atoms with Gasteiger partial charge in [0.25, 0.3) is 0 Å². The molecule has 1 atom stereocenters. The van der Waals surface area contributed by atoms with Gasteiger partial charge in [-0.15, -0.1) is 10.2 Å². The van der Waals surface area contributed by atoms with Crippen LogP contribution in [0.15, 0.2) is 42.5 Å². The van der Waals surface area contributed by atoms with Crippen molar-refractivity contribution in [2.24, 2.45) is 0 Å². The number of anilines is 2. The van der Waals surface area contributed by atoms with E-state index in [1.54, 1.807) is 17.0 Å². The summed E-state index contributed by atoms with van der Waals surface area (Å²) in [7, 11) is 0. The molecule has 3 aromatic rings. The molecule has 1 fully saturated rings. The monoisotopic (exact) mass is 455 g/mol. The van der Waals surface area contributed by atoms with Crippen molar-refractivity contribution in [3.05, 3.63) is 58.6 Å². The zero-order valence-corrected chi connectivity index (χ0v) is 18.8. The predicted octanol–water partition coefficient (Wildman–Crippen LogP) is 5.11. The van der Waals surface area contributed by atoms with Crippen LogP contribution in [0.4, 0.5) is 15.6 Å². The number of aromatic nitrogens is 2. The summed E-state index contributed by atoms with van der Waals surface area (Å²) in [6, 6.07) is 12.3. The quantitative estimate of drug-likeness (QED) is 0.572. The van der Waals surface area contributed by atoms with Gasteiger partial charge in [-0.05, 0) is 50.5 Å². The number of aryl methyl sites for hydroxylation is 2. The highest BCUT2D eigenvalue weighted by atomic mass is 35.5. The minimum absolute atomic E-state index is 0.257. The maximum Gasteiger partial charge on any atom is 0.322 e. The first-order valence-electron chi connectivity index (χ1n) is 9.96. The average molecular weight is 456 g/mol. The van der Waals surface area contributed by atoms with Crippen molar-refractivity contribution in [2.75, 3.05) is 17.2 Å². The molecular formula is C22H22ClN5O2S. The maximum absolute atomic E-state index is 12.9. The SMILES string of the molecule is Cc1ccc(NC(=O)N2CCCC2C(=O)Nc2nnc(-c3ccc(Cl)cc3)s2)c(C)c1. The fourth-order valence-electron chi connectivity index (χ4n) is 3.59. The molecule has 160 valence electrons. The van der Waals surface area contributed by atoms with Gasteiger partial charge < -0.3 is 10.2 Å². The zero-order valence-electron chi connectivity index (χ0n) is 17.2. The summed E-state index contributed by atoms with van der Waals surface area (Å²) in [5, 5.41) is 15.7. The molecule has 1 aliphatic rings. The molecule has 2 N–H and O–H groups in total. The van der Waals surface area contributed by atoms with Crippen molar-refractivity contribution < 1.29 is 9.59 Å². The first-order chi connectivity index (χ1) is 14.9. The minimum Gasteiger partial charge on any atom is -0.312 e. The van der Waals surface area contributed by atoms with E-state index in [1.807, 2.05) is 44.2 Å². The van der Waals surface area contributed by atoms with Crippen molar-refractivity contribution in [1.29, 1.82) is 0 Å². The molecule has 1 saturated heterocycles. The van der Waals surface area contributed by atoms with Gasteiger partial charge in [0.1, 0.15) is 11.0 Å². The molecule has 9 heteroatoms. The number of nitrogens with zero attached hydrogens (tertiary/aromatic N) is 3. The summed E-state index contributed by atoms with van der Waals surface area (Å²) in [5.41, 5.74) is 3.73. The van der Waals surface area contributed by atoms with Gasteiger partial charge in [-0.1, -0.05) is 52.8 Å². The third-order valence-electron chi connectivity index (χ3n) is 5.19. The normalized spacial score (nSPS) is 15.7. The van der Waals surface area contributed by atoms with E-state index in [4.69, 9.17) is 11.6 Å². The number of benzene rings is 2. The molecule has 0 saturated carbocycles. The lowest BCUT2D eigenvalue weighted by Crippen LogP contribution is -2.45. The van der Waals surface area contributed by atoms with Crippen molar-refractivity contribution in [3.8, 4) is 10.6 Å². The van der Waals surface area contributed by atoms with E-state index in [2.05, 4.69) is 20.8 Å². The van der Waals surface area contributed by atoms with E-state index in [-0.39, 0.29) is 11.9 Å². The molecule has 4 rings (SSSR count). The molecular weight excluding hydrogens is 434 g/mol. The number of rotatable bonds is 4. The summed E-state index contributed by atoms with van der Waals surface area (Å²) in [5.74, 6) is -0.257. The number of urea groups is 1. The number of likely N-dealkylation sites (tertiary alicyclic amines) is 1. The van der Waals surface area contributed by atoms with Crippen molar-refractivity contribution in [1.82, 2.24) is 15.1 Å². The van der Waals surface area contributed by atoms with Crippen LogP contribution in [0.25, 0.3) is 10.6 Å². The van der Waals surface area contributed by atoms with Crippen LogP contribution < -0.4 is 10.6 Å². The third-order valence-corrected chi connectivity index (χ3v) is 6.33. The highest BCUT2D eigenvalue weighted by molar-refractivity contribution is 7.18. The lowest BCUT2D eigenvalue weighted by molar-refractivity contribution is -0.119. The molecule has 31 heavy (non-hydrogen) atoms. The topological polar surface area (TPSA) is 87.2 Å². The molecule has 1 unspecified atom stereocenters. The summed E-state index contributed by atoms with van der Waals surface area (Å²) in [6.07, 6.45) is 1.37. The maximum atomic E-state index is 12.9. The van der Waals surface area contributed by atoms with E-state index in [0.717, 1.165) is 28.8 Å². The van der Waals surface area contributed by atoms with Gasteiger partial charge in [-0.25, -0.2) is 4.79 Å². The number of hydrogen-bond acceptors (Lipinski definition) is 5. The number of hydrogen-bond donors (Lipinski definition) is 2. The van der Waals surface area contributed by atoms with Crippen LogP contribution in [-0.4, -0.2) is 39.6 Å². The fraction of sp³-hybridized carbons (Fsp3) is 0.273. The molecule has 7 nitrogen and oxygen atoms in total. The Balaban J connectivity index is 1.42. The molecule has 0 spiro atoms. The van der Waals surface area contributed by atoms with Gasteiger partial charge in [0.2, 0.25) is 11.0 Å². The Hall–Kier alpha value is -2.97. The van der Waals surface area contributed by atoms with Crippen LogP contribution in [0.1, 0.15) is 24.0 Å². The van der Waals surface area contributed by atoms with E-state index >= 15 is 0 Å². The van der Waals surface area contributed by atoms with Crippen LogP contribution in [-0.2, 0) is 4.79 Å². The Bertz CT molecular complexity index is 1120. The Kier molecular flexibility index (Phi) is 6.20. The summed E-state index contributed by atoms with van der Waals surface area (Å²) < 4.78 is 0. The third kappa shape index (κ3) is 4.86. The lowest BCUT2D eigenvalue weighted by Gasteiger charge is -2.24. The summed E-state index contributed by atoms with van der Waals surface area (Å²) >= 11 is 7.20. The van der Waals surface area contributed by atoms with Crippen molar-refractivity contribution in [3.63, 3.8) is 0 Å². The van der Waals surface area contributed by atoms with Crippen LogP contribution >= 0.6 is 22.9 Å². The van der Waals surface area contributed by atoms with Crippen molar-refractivity contribution >= 4 is 45.7 Å². The van der Waals surface area contributed by atoms with Crippen molar-refractivity contribution in [2.45, 2.75) is 32.7 Å². The summed E-state index contributed by atoms with van der Waals surface area (Å²) in [4.78, 5) is 27.3. The largest absolute Gasteiger partial charge is 0.322 e. The minimum atomic E-state index is -0.548.